The number of primary amides is 1. The molecule has 4 atom stereocenters. The minimum Gasteiger partial charge on any atom is -0.379 e. The molecule has 3 aliphatic carbocycles. The van der Waals surface area contributed by atoms with E-state index in [1.807, 2.05) is 0 Å². The molecule has 2 heterocycles. The zero-order valence-electron chi connectivity index (χ0n) is 19.3. The molecule has 6 rings (SSSR count). The molecule has 4 unspecified atom stereocenters. The van der Waals surface area contributed by atoms with E-state index in [0.29, 0.717) is 12.3 Å². The highest BCUT2D eigenvalue weighted by atomic mass is 16.5. The summed E-state index contributed by atoms with van der Waals surface area (Å²) in [5, 5.41) is 3.62. The molecule has 7 heteroatoms. The second-order valence-electron chi connectivity index (χ2n) is 9.89. The number of nitrogens with zero attached hydrogens (tertiary/aromatic N) is 3. The Morgan fingerprint density at radius 1 is 1.15 bits per heavy atom. The Labute approximate surface area is 200 Å². The Bertz CT molecular complexity index is 1150. The van der Waals surface area contributed by atoms with Crippen molar-refractivity contribution in [2.24, 2.45) is 23.5 Å². The summed E-state index contributed by atoms with van der Waals surface area (Å²) in [6.45, 7) is 4.50. The van der Waals surface area contributed by atoms with Gasteiger partial charge in [0.25, 0.3) is 0 Å². The van der Waals surface area contributed by atoms with Crippen molar-refractivity contribution in [2.45, 2.75) is 31.8 Å². The molecule has 1 amide bonds. The fourth-order valence-corrected chi connectivity index (χ4v) is 5.98. The van der Waals surface area contributed by atoms with E-state index in [0.717, 1.165) is 68.6 Å². The molecule has 1 saturated carbocycles. The number of carbonyl (C=O) groups is 1. The van der Waals surface area contributed by atoms with Crippen LogP contribution in [-0.4, -0.2) is 53.1 Å². The molecular weight excluding hydrogens is 426 g/mol. The van der Waals surface area contributed by atoms with Crippen LogP contribution in [-0.2, 0) is 28.9 Å². The summed E-state index contributed by atoms with van der Waals surface area (Å²) < 4.78 is 5.47. The molecule has 2 fully saturated rings. The van der Waals surface area contributed by atoms with E-state index in [4.69, 9.17) is 20.4 Å². The van der Waals surface area contributed by atoms with E-state index in [1.54, 1.807) is 0 Å². The number of amides is 1. The molecule has 3 N–H and O–H groups in total. The summed E-state index contributed by atoms with van der Waals surface area (Å²) in [5.41, 5.74) is 10.4. The third kappa shape index (κ3) is 4.14. The molecular formula is C27H31N5O2. The summed E-state index contributed by atoms with van der Waals surface area (Å²) >= 11 is 0. The molecule has 0 radical (unpaired) electrons. The molecule has 34 heavy (non-hydrogen) atoms. The number of aromatic nitrogens is 2. The highest BCUT2D eigenvalue weighted by molar-refractivity contribution is 5.80. The minimum atomic E-state index is -0.229. The fourth-order valence-electron chi connectivity index (χ4n) is 5.98. The molecule has 1 aromatic carbocycles. The first-order chi connectivity index (χ1) is 16.6. The van der Waals surface area contributed by atoms with E-state index in [2.05, 4.69) is 58.8 Å². The number of anilines is 1. The van der Waals surface area contributed by atoms with Crippen molar-refractivity contribution in [1.29, 1.82) is 0 Å². The van der Waals surface area contributed by atoms with Gasteiger partial charge in [-0.25, -0.2) is 9.97 Å². The monoisotopic (exact) mass is 457 g/mol. The van der Waals surface area contributed by atoms with Crippen LogP contribution in [0, 0.1) is 17.8 Å². The molecule has 176 valence electrons. The lowest BCUT2D eigenvalue weighted by molar-refractivity contribution is -0.122. The molecule has 1 aromatic heterocycles. The van der Waals surface area contributed by atoms with Crippen LogP contribution in [0.1, 0.15) is 34.6 Å². The van der Waals surface area contributed by atoms with Crippen molar-refractivity contribution in [1.82, 2.24) is 14.9 Å². The van der Waals surface area contributed by atoms with Gasteiger partial charge in [0.15, 0.2) is 0 Å². The Hall–Kier alpha value is -3.03. The van der Waals surface area contributed by atoms with Gasteiger partial charge in [-0.05, 0) is 29.4 Å². The van der Waals surface area contributed by atoms with E-state index in [1.165, 1.54) is 11.1 Å². The van der Waals surface area contributed by atoms with E-state index in [9.17, 15) is 4.79 Å². The zero-order valence-corrected chi connectivity index (χ0v) is 19.3. The first-order valence-corrected chi connectivity index (χ1v) is 12.3. The maximum atomic E-state index is 12.2. The Kier molecular flexibility index (Phi) is 5.67. The molecule has 2 bridgehead atoms. The zero-order chi connectivity index (χ0) is 23.1. The number of ether oxygens (including phenoxy) is 1. The molecule has 7 nitrogen and oxygen atoms in total. The average molecular weight is 458 g/mol. The number of rotatable bonds is 7. The Balaban J connectivity index is 1.23. The summed E-state index contributed by atoms with van der Waals surface area (Å²) in [6, 6.07) is 8.71. The maximum Gasteiger partial charge on any atom is 0.223 e. The SMILES string of the molecule is NC(=O)C1C2C=CC(C2)C1Nc1nc(Cc2cccc(CN3CCOCC3)c2)nc2c1C=CC2. The normalized spacial score (nSPS) is 27.3. The lowest BCUT2D eigenvalue weighted by Gasteiger charge is -2.28. The standard InChI is InChI=1S/C27H31N5O2/c28-26(33)24-19-7-8-20(15-19)25(24)31-27-21-5-2-6-22(21)29-23(30-27)14-17-3-1-4-18(13-17)16-32-9-11-34-12-10-32/h1-5,7-8,13,19-20,24-25H,6,9-12,14-16H2,(H2,28,33)(H,29,30,31). The topological polar surface area (TPSA) is 93.4 Å². The number of hydrogen-bond acceptors (Lipinski definition) is 6. The first kappa shape index (κ1) is 21.5. The number of benzene rings is 1. The minimum absolute atomic E-state index is 0.00907. The van der Waals surface area contributed by atoms with E-state index in [-0.39, 0.29) is 23.8 Å². The molecule has 4 aliphatic rings. The van der Waals surface area contributed by atoms with Crippen LogP contribution in [0.3, 0.4) is 0 Å². The van der Waals surface area contributed by atoms with Crippen LogP contribution >= 0.6 is 0 Å². The number of morpholine rings is 1. The van der Waals surface area contributed by atoms with Crippen molar-refractivity contribution in [3.8, 4) is 0 Å². The number of nitrogens with two attached hydrogens (primary N) is 1. The van der Waals surface area contributed by atoms with Crippen LogP contribution in [0.4, 0.5) is 5.82 Å². The number of nitrogens with one attached hydrogen (secondary N) is 1. The average Bonchev–Trinajstić information content (AvgIpc) is 3.56. The maximum absolute atomic E-state index is 12.2. The molecule has 0 spiro atoms. The Morgan fingerprint density at radius 3 is 2.82 bits per heavy atom. The summed E-state index contributed by atoms with van der Waals surface area (Å²) in [7, 11) is 0. The van der Waals surface area contributed by atoms with Crippen molar-refractivity contribution in [2.75, 3.05) is 31.6 Å². The van der Waals surface area contributed by atoms with Crippen molar-refractivity contribution in [3.05, 3.63) is 70.7 Å². The van der Waals surface area contributed by atoms with E-state index >= 15 is 0 Å². The molecule has 1 aliphatic heterocycles. The number of hydrogen-bond donors (Lipinski definition) is 2. The third-order valence-electron chi connectivity index (χ3n) is 7.62. The summed E-state index contributed by atoms with van der Waals surface area (Å²) in [5.74, 6) is 1.77. The predicted octanol–water partition coefficient (Wildman–Crippen LogP) is 2.56. The van der Waals surface area contributed by atoms with Crippen LogP contribution in [0.5, 0.6) is 0 Å². The highest BCUT2D eigenvalue weighted by Crippen LogP contribution is 2.45. The molecule has 2 aromatic rings. The van der Waals surface area contributed by atoms with Gasteiger partial charge in [0.05, 0.1) is 24.8 Å². The van der Waals surface area contributed by atoms with Gasteiger partial charge >= 0.3 is 0 Å². The quantitative estimate of drug-likeness (QED) is 0.621. The number of carbonyl (C=O) groups excluding carboxylic acids is 1. The van der Waals surface area contributed by atoms with Crippen LogP contribution in [0.15, 0.2) is 42.5 Å². The second-order valence-corrected chi connectivity index (χ2v) is 9.89. The van der Waals surface area contributed by atoms with Gasteiger partial charge in [0.1, 0.15) is 11.6 Å². The smallest absolute Gasteiger partial charge is 0.223 e. The predicted molar refractivity (Wildman–Crippen MR) is 131 cm³/mol. The van der Waals surface area contributed by atoms with Gasteiger partial charge in [-0.1, -0.05) is 48.6 Å². The van der Waals surface area contributed by atoms with Crippen molar-refractivity contribution in [3.63, 3.8) is 0 Å². The van der Waals surface area contributed by atoms with Crippen molar-refractivity contribution < 1.29 is 9.53 Å². The summed E-state index contributed by atoms with van der Waals surface area (Å²) in [6.07, 6.45) is 11.1. The van der Waals surface area contributed by atoms with Gasteiger partial charge in [-0.2, -0.15) is 0 Å². The second kappa shape index (κ2) is 8.96. The van der Waals surface area contributed by atoms with Crippen LogP contribution in [0.2, 0.25) is 0 Å². The number of allylic oxidation sites excluding steroid dienone is 2. The van der Waals surface area contributed by atoms with Crippen molar-refractivity contribution >= 4 is 17.8 Å². The fraction of sp³-hybridized carbons (Fsp3) is 0.444. The summed E-state index contributed by atoms with van der Waals surface area (Å²) in [4.78, 5) is 24.5. The van der Waals surface area contributed by atoms with Gasteiger partial charge in [0.2, 0.25) is 5.91 Å². The molecule has 1 saturated heterocycles. The largest absolute Gasteiger partial charge is 0.379 e. The van der Waals surface area contributed by atoms with Gasteiger partial charge < -0.3 is 15.8 Å². The van der Waals surface area contributed by atoms with Gasteiger partial charge in [-0.3, -0.25) is 9.69 Å². The van der Waals surface area contributed by atoms with Crippen LogP contribution < -0.4 is 11.1 Å². The first-order valence-electron chi connectivity index (χ1n) is 12.3. The highest BCUT2D eigenvalue weighted by Gasteiger charge is 2.47. The number of fused-ring (bicyclic) bond motifs is 3. The lowest BCUT2D eigenvalue weighted by Crippen LogP contribution is -2.41. The third-order valence-corrected chi connectivity index (χ3v) is 7.62. The Morgan fingerprint density at radius 2 is 1.97 bits per heavy atom. The van der Waals surface area contributed by atoms with Gasteiger partial charge in [0, 0.05) is 44.1 Å². The lowest BCUT2D eigenvalue weighted by atomic mass is 9.88. The van der Waals surface area contributed by atoms with E-state index < -0.39 is 0 Å². The van der Waals surface area contributed by atoms with Crippen LogP contribution in [0.25, 0.3) is 6.08 Å². The van der Waals surface area contributed by atoms with Gasteiger partial charge in [-0.15, -0.1) is 0 Å².